The number of imidazole rings is 1. The van der Waals surface area contributed by atoms with Crippen molar-refractivity contribution in [2.24, 2.45) is 7.05 Å². The van der Waals surface area contributed by atoms with Crippen LogP contribution in [0.25, 0.3) is 33.7 Å². The summed E-state index contributed by atoms with van der Waals surface area (Å²) >= 11 is 1.62. The molecule has 5 aromatic rings. The molecule has 4 aromatic heterocycles. The second-order valence-corrected chi connectivity index (χ2v) is 10.4. The molecule has 1 aliphatic carbocycles. The maximum absolute atomic E-state index is 15.2. The summed E-state index contributed by atoms with van der Waals surface area (Å²) in [5, 5.41) is 4.20. The lowest BCUT2D eigenvalue weighted by Crippen LogP contribution is -2.23. The molecule has 0 unspecified atom stereocenters. The summed E-state index contributed by atoms with van der Waals surface area (Å²) in [6, 6.07) is 9.20. The third kappa shape index (κ3) is 3.46. The average Bonchev–Trinajstić information content (AvgIpc) is 3.16. The van der Waals surface area contributed by atoms with Gasteiger partial charge in [-0.3, -0.25) is 9.48 Å². The minimum atomic E-state index is -0.332. The predicted molar refractivity (Wildman–Crippen MR) is 131 cm³/mol. The van der Waals surface area contributed by atoms with Crippen molar-refractivity contribution >= 4 is 28.4 Å². The zero-order valence-electron chi connectivity index (χ0n) is 19.0. The molecule has 1 aromatic carbocycles. The molecule has 0 saturated heterocycles. The van der Waals surface area contributed by atoms with Crippen molar-refractivity contribution in [1.29, 1.82) is 0 Å². The smallest absolute Gasteiger partial charge is 0.264 e. The first kappa shape index (κ1) is 20.5. The van der Waals surface area contributed by atoms with Gasteiger partial charge < -0.3 is 9.88 Å². The fourth-order valence-corrected chi connectivity index (χ4v) is 6.06. The highest BCUT2D eigenvalue weighted by Crippen LogP contribution is 2.46. The Morgan fingerprint density at radius 2 is 2.09 bits per heavy atom. The molecule has 9 heteroatoms. The normalized spacial score (nSPS) is 15.4. The number of nitrogens with zero attached hydrogens (tertiary/aromatic N) is 5. The number of halogens is 1. The van der Waals surface area contributed by atoms with E-state index in [2.05, 4.69) is 26.1 Å². The van der Waals surface area contributed by atoms with E-state index < -0.39 is 0 Å². The first-order chi connectivity index (χ1) is 17.0. The summed E-state index contributed by atoms with van der Waals surface area (Å²) in [6.45, 7) is 0.806. The highest BCUT2D eigenvalue weighted by molar-refractivity contribution is 7.14. The number of thiophene rings is 1. The van der Waals surface area contributed by atoms with Gasteiger partial charge >= 0.3 is 0 Å². The largest absolute Gasteiger partial charge is 0.336 e. The second kappa shape index (κ2) is 7.58. The number of rotatable bonds is 5. The van der Waals surface area contributed by atoms with Gasteiger partial charge in [0.25, 0.3) is 5.91 Å². The number of fused-ring (bicyclic) bond motifs is 2. The Morgan fingerprint density at radius 1 is 1.20 bits per heavy atom. The van der Waals surface area contributed by atoms with Crippen LogP contribution >= 0.6 is 11.3 Å². The lowest BCUT2D eigenvalue weighted by molar-refractivity contribution is 0.0768. The Kier molecular flexibility index (Phi) is 4.44. The van der Waals surface area contributed by atoms with E-state index in [0.717, 1.165) is 32.6 Å². The van der Waals surface area contributed by atoms with Crippen LogP contribution in [0.1, 0.15) is 44.4 Å². The van der Waals surface area contributed by atoms with E-state index >= 15 is 4.39 Å². The van der Waals surface area contributed by atoms with Crippen molar-refractivity contribution < 1.29 is 9.18 Å². The number of hydrogen-bond acceptors (Lipinski definition) is 5. The Hall–Kier alpha value is -3.85. The van der Waals surface area contributed by atoms with Gasteiger partial charge in [-0.1, -0.05) is 12.1 Å². The van der Waals surface area contributed by atoms with Gasteiger partial charge in [0.05, 0.1) is 22.2 Å². The first-order valence-electron chi connectivity index (χ1n) is 11.6. The van der Waals surface area contributed by atoms with Gasteiger partial charge in [0.15, 0.2) is 5.65 Å². The lowest BCUT2D eigenvalue weighted by atomic mass is 10.0. The van der Waals surface area contributed by atoms with Crippen LogP contribution in [0.4, 0.5) is 4.39 Å². The van der Waals surface area contributed by atoms with Crippen molar-refractivity contribution in [3.8, 4) is 22.5 Å². The number of hydrogen-bond donors (Lipinski definition) is 1. The summed E-state index contributed by atoms with van der Waals surface area (Å²) in [7, 11) is 1.85. The van der Waals surface area contributed by atoms with Gasteiger partial charge in [0, 0.05) is 48.5 Å². The number of aromatic amines is 1. The number of nitrogens with one attached hydrogen (secondary N) is 1. The Balaban J connectivity index is 1.16. The lowest BCUT2D eigenvalue weighted by Gasteiger charge is -2.17. The van der Waals surface area contributed by atoms with Crippen molar-refractivity contribution in [3.63, 3.8) is 0 Å². The zero-order chi connectivity index (χ0) is 23.7. The van der Waals surface area contributed by atoms with Crippen LogP contribution in [-0.2, 0) is 20.1 Å². The van der Waals surface area contributed by atoms with Crippen molar-refractivity contribution in [2.75, 3.05) is 0 Å². The molecule has 1 N–H and O–H groups in total. The molecule has 1 fully saturated rings. The Bertz CT molecular complexity index is 1630. The average molecular weight is 485 g/mol. The molecule has 2 aliphatic rings. The number of carbonyl (C=O) groups excluding carboxylic acids is 1. The van der Waals surface area contributed by atoms with Crippen LogP contribution in [0.5, 0.6) is 0 Å². The molecule has 1 amide bonds. The van der Waals surface area contributed by atoms with Crippen LogP contribution in [0.3, 0.4) is 0 Å². The van der Waals surface area contributed by atoms with Crippen LogP contribution in [0.2, 0.25) is 0 Å². The molecular formula is C26H21FN6OS. The zero-order valence-corrected chi connectivity index (χ0v) is 19.8. The van der Waals surface area contributed by atoms with Gasteiger partial charge in [-0.2, -0.15) is 5.10 Å². The molecular weight excluding hydrogens is 463 g/mol. The summed E-state index contributed by atoms with van der Waals surface area (Å²) in [4.78, 5) is 29.1. The number of carbonyl (C=O) groups is 1. The highest BCUT2D eigenvalue weighted by atomic mass is 32.1. The van der Waals surface area contributed by atoms with E-state index in [9.17, 15) is 4.79 Å². The fourth-order valence-electron chi connectivity index (χ4n) is 4.75. The van der Waals surface area contributed by atoms with Crippen LogP contribution in [0.15, 0.2) is 48.9 Å². The minimum absolute atomic E-state index is 0.0107. The molecule has 0 atom stereocenters. The maximum atomic E-state index is 15.2. The first-order valence-corrected chi connectivity index (χ1v) is 12.4. The molecule has 0 spiro atoms. The van der Waals surface area contributed by atoms with E-state index in [1.165, 1.54) is 23.8 Å². The SMILES string of the molecule is Cn1cc(-c2nc3nccc(-c4ccc(CN5Cc6cc(C7CC7)sc6C5=O)c(F)c4)c3[nH]2)cn1. The van der Waals surface area contributed by atoms with Crippen molar-refractivity contribution in [2.45, 2.75) is 31.8 Å². The van der Waals surface area contributed by atoms with Crippen LogP contribution in [0, 0.1) is 5.82 Å². The second-order valence-electron chi connectivity index (χ2n) is 9.29. The van der Waals surface area contributed by atoms with Crippen LogP contribution < -0.4 is 0 Å². The Labute approximate surface area is 204 Å². The summed E-state index contributed by atoms with van der Waals surface area (Å²) in [5.74, 6) is 0.986. The molecule has 7 rings (SSSR count). The van der Waals surface area contributed by atoms with E-state index in [-0.39, 0.29) is 18.3 Å². The van der Waals surface area contributed by atoms with E-state index in [4.69, 9.17) is 0 Å². The van der Waals surface area contributed by atoms with E-state index in [0.29, 0.717) is 29.5 Å². The third-order valence-electron chi connectivity index (χ3n) is 6.75. The number of amides is 1. The molecule has 1 saturated carbocycles. The van der Waals surface area contributed by atoms with Gasteiger partial charge in [-0.15, -0.1) is 11.3 Å². The molecule has 174 valence electrons. The molecule has 7 nitrogen and oxygen atoms in total. The molecule has 0 bridgehead atoms. The fraction of sp³-hybridized carbons (Fsp3) is 0.231. The van der Waals surface area contributed by atoms with E-state index in [1.54, 1.807) is 39.4 Å². The van der Waals surface area contributed by atoms with Gasteiger partial charge in [-0.25, -0.2) is 14.4 Å². The third-order valence-corrected chi connectivity index (χ3v) is 8.07. The molecule has 1 aliphatic heterocycles. The monoisotopic (exact) mass is 484 g/mol. The molecule has 5 heterocycles. The number of H-pyrrole nitrogens is 1. The Morgan fingerprint density at radius 3 is 2.83 bits per heavy atom. The predicted octanol–water partition coefficient (Wildman–Crippen LogP) is 5.26. The summed E-state index contributed by atoms with van der Waals surface area (Å²) in [5.41, 5.74) is 5.28. The van der Waals surface area contributed by atoms with Gasteiger partial charge in [0.1, 0.15) is 11.6 Å². The maximum Gasteiger partial charge on any atom is 0.264 e. The number of aromatic nitrogens is 5. The minimum Gasteiger partial charge on any atom is -0.336 e. The topological polar surface area (TPSA) is 79.7 Å². The summed E-state index contributed by atoms with van der Waals surface area (Å²) in [6.07, 6.45) is 7.73. The number of benzene rings is 1. The molecule has 35 heavy (non-hydrogen) atoms. The number of aryl methyl sites for hydroxylation is 1. The standard InChI is InChI=1S/C26H21FN6OS/c1-32-11-18(10-29-32)24-30-22-19(6-7-28-25(22)31-24)15-4-5-16(20(27)8-15)12-33-13-17-9-21(14-2-3-14)35-23(17)26(33)34/h4-11,14H,2-3,12-13H2,1H3,(H,28,30,31). The quantitative estimate of drug-likeness (QED) is 0.369. The van der Waals surface area contributed by atoms with E-state index in [1.807, 2.05) is 25.4 Å². The van der Waals surface area contributed by atoms with Gasteiger partial charge in [-0.05, 0) is 48.1 Å². The van der Waals surface area contributed by atoms with Gasteiger partial charge in [0.2, 0.25) is 0 Å². The molecule has 0 radical (unpaired) electrons. The van der Waals surface area contributed by atoms with Crippen molar-refractivity contribution in [1.82, 2.24) is 29.6 Å². The number of pyridine rings is 1. The highest BCUT2D eigenvalue weighted by Gasteiger charge is 2.34. The van der Waals surface area contributed by atoms with Crippen LogP contribution in [-0.4, -0.2) is 35.5 Å². The van der Waals surface area contributed by atoms with Crippen molar-refractivity contribution in [3.05, 3.63) is 75.6 Å². The summed E-state index contributed by atoms with van der Waals surface area (Å²) < 4.78 is 16.9.